The van der Waals surface area contributed by atoms with E-state index in [1.165, 1.54) is 0 Å². The zero-order valence-electron chi connectivity index (χ0n) is 17.3. The van der Waals surface area contributed by atoms with E-state index in [0.29, 0.717) is 43.1 Å². The van der Waals surface area contributed by atoms with Gasteiger partial charge in [0.05, 0.1) is 12.5 Å². The molecule has 0 fully saturated rings. The number of ketones is 1. The second kappa shape index (κ2) is 8.03. The number of furan rings is 1. The Kier molecular flexibility index (Phi) is 5.89. The summed E-state index contributed by atoms with van der Waals surface area (Å²) >= 11 is 0. The number of Topliss-reactive ketones (excluding diaryl/α,β-unsaturated/α-hetero) is 1. The van der Waals surface area contributed by atoms with E-state index < -0.39 is 17.8 Å². The monoisotopic (exact) mass is 387 g/mol. The lowest BCUT2D eigenvalue weighted by atomic mass is 9.68. The number of carbonyl (C=O) groups excluding carboxylic acids is 2. The summed E-state index contributed by atoms with van der Waals surface area (Å²) in [4.78, 5) is 30.7. The van der Waals surface area contributed by atoms with Crippen LogP contribution in [-0.4, -0.2) is 37.3 Å². The second-order valence-electron chi connectivity index (χ2n) is 8.32. The average molecular weight is 387 g/mol. The van der Waals surface area contributed by atoms with Crippen LogP contribution < -0.4 is 0 Å². The van der Waals surface area contributed by atoms with Gasteiger partial charge >= 0.3 is 5.97 Å². The Morgan fingerprint density at radius 1 is 1.25 bits per heavy atom. The van der Waals surface area contributed by atoms with Crippen molar-refractivity contribution in [3.8, 4) is 0 Å². The molecule has 1 aliphatic heterocycles. The highest BCUT2D eigenvalue weighted by molar-refractivity contribution is 6.08. The van der Waals surface area contributed by atoms with E-state index in [9.17, 15) is 9.59 Å². The molecule has 1 unspecified atom stereocenters. The highest BCUT2D eigenvalue weighted by Gasteiger charge is 2.47. The zero-order chi connectivity index (χ0) is 20.5. The van der Waals surface area contributed by atoms with Crippen LogP contribution in [0, 0.1) is 18.3 Å². The van der Waals surface area contributed by atoms with Crippen molar-refractivity contribution >= 4 is 17.5 Å². The number of rotatable bonds is 6. The number of hydrogen-bond acceptors (Lipinski definition) is 6. The number of aryl methyl sites for hydroxylation is 1. The van der Waals surface area contributed by atoms with Gasteiger partial charge in [-0.25, -0.2) is 0 Å². The summed E-state index contributed by atoms with van der Waals surface area (Å²) in [6, 6.07) is 3.70. The number of nitrogens with zero attached hydrogens (tertiary/aromatic N) is 1. The van der Waals surface area contributed by atoms with Crippen LogP contribution in [0.4, 0.5) is 0 Å². The van der Waals surface area contributed by atoms with Crippen LogP contribution in [0.3, 0.4) is 0 Å². The van der Waals surface area contributed by atoms with E-state index in [1.54, 1.807) is 0 Å². The maximum atomic E-state index is 13.1. The number of esters is 1. The highest BCUT2D eigenvalue weighted by Crippen LogP contribution is 2.48. The van der Waals surface area contributed by atoms with E-state index in [2.05, 4.69) is 18.8 Å². The third kappa shape index (κ3) is 4.12. The van der Waals surface area contributed by atoms with Gasteiger partial charge in [0.25, 0.3) is 0 Å². The summed E-state index contributed by atoms with van der Waals surface area (Å²) in [5.74, 6) is -0.179. The molecule has 1 aromatic rings. The van der Waals surface area contributed by atoms with Gasteiger partial charge in [-0.3, -0.25) is 14.6 Å². The first-order valence-electron chi connectivity index (χ1n) is 9.85. The van der Waals surface area contributed by atoms with E-state index in [0.717, 1.165) is 11.5 Å². The number of aliphatic imine (C=N–C) groups is 1. The summed E-state index contributed by atoms with van der Waals surface area (Å²) in [5, 5.41) is 0. The second-order valence-corrected chi connectivity index (χ2v) is 8.32. The lowest BCUT2D eigenvalue weighted by molar-refractivity contribution is -0.148. The summed E-state index contributed by atoms with van der Waals surface area (Å²) in [6.07, 6.45) is 1.14. The van der Waals surface area contributed by atoms with Crippen LogP contribution in [0.5, 0.6) is 0 Å². The van der Waals surface area contributed by atoms with Crippen molar-refractivity contribution in [2.45, 2.75) is 53.4 Å². The summed E-state index contributed by atoms with van der Waals surface area (Å²) in [6.45, 7) is 10.8. The van der Waals surface area contributed by atoms with Crippen molar-refractivity contribution in [1.82, 2.24) is 0 Å². The van der Waals surface area contributed by atoms with Gasteiger partial charge in [0, 0.05) is 30.0 Å². The van der Waals surface area contributed by atoms with Gasteiger partial charge in [-0.2, -0.15) is 0 Å². The van der Waals surface area contributed by atoms with Gasteiger partial charge in [-0.1, -0.05) is 13.8 Å². The van der Waals surface area contributed by atoms with E-state index >= 15 is 0 Å². The van der Waals surface area contributed by atoms with Gasteiger partial charge in [0.15, 0.2) is 5.78 Å². The third-order valence-electron chi connectivity index (χ3n) is 5.30. The van der Waals surface area contributed by atoms with Gasteiger partial charge in [-0.05, 0) is 44.7 Å². The molecule has 0 aromatic carbocycles. The van der Waals surface area contributed by atoms with Crippen LogP contribution in [0.25, 0.3) is 0 Å². The van der Waals surface area contributed by atoms with Crippen molar-refractivity contribution in [3.05, 3.63) is 34.9 Å². The number of carbonyl (C=O) groups is 2. The Labute approximate surface area is 166 Å². The van der Waals surface area contributed by atoms with Crippen molar-refractivity contribution in [3.63, 3.8) is 0 Å². The minimum atomic E-state index is -0.670. The molecule has 0 saturated heterocycles. The van der Waals surface area contributed by atoms with Crippen LogP contribution in [-0.2, 0) is 19.1 Å². The topological polar surface area (TPSA) is 78.1 Å². The fraction of sp³-hybridized carbons (Fsp3) is 0.591. The molecule has 152 valence electrons. The Morgan fingerprint density at radius 2 is 2.00 bits per heavy atom. The van der Waals surface area contributed by atoms with Crippen LogP contribution in [0.15, 0.2) is 32.8 Å². The SMILES string of the molecule is CCOCCOC(=O)C1C(C)=NC2=C(C(=O)CC(C)(C)C2)[C@@H]1c1ccc(C)o1. The normalized spacial score (nSPS) is 24.0. The fourth-order valence-corrected chi connectivity index (χ4v) is 4.11. The predicted octanol–water partition coefficient (Wildman–Crippen LogP) is 3.99. The quantitative estimate of drug-likeness (QED) is 0.545. The van der Waals surface area contributed by atoms with E-state index in [1.807, 2.05) is 32.9 Å². The standard InChI is InChI=1S/C22H29NO5/c1-6-26-9-10-27-21(25)18-14(3)23-15-11-22(4,5)12-16(24)19(15)20(18)17-8-7-13(2)28-17/h7-8,18,20H,6,9-12H2,1-5H3/t18?,20-/m1/s1. The van der Waals surface area contributed by atoms with E-state index in [4.69, 9.17) is 13.9 Å². The molecule has 0 spiro atoms. The maximum absolute atomic E-state index is 13.1. The molecular weight excluding hydrogens is 358 g/mol. The lowest BCUT2D eigenvalue weighted by Gasteiger charge is -2.38. The third-order valence-corrected chi connectivity index (χ3v) is 5.30. The van der Waals surface area contributed by atoms with Gasteiger partial charge in [-0.15, -0.1) is 0 Å². The smallest absolute Gasteiger partial charge is 0.315 e. The summed E-state index contributed by atoms with van der Waals surface area (Å²) < 4.78 is 16.6. The molecule has 1 aromatic heterocycles. The van der Waals surface area contributed by atoms with Crippen molar-refractivity contribution in [1.29, 1.82) is 0 Å². The molecule has 2 heterocycles. The zero-order valence-corrected chi connectivity index (χ0v) is 17.3. The molecule has 0 amide bonds. The molecule has 2 atom stereocenters. The fourth-order valence-electron chi connectivity index (χ4n) is 4.11. The summed E-state index contributed by atoms with van der Waals surface area (Å²) in [5.41, 5.74) is 1.89. The Balaban J connectivity index is 1.98. The van der Waals surface area contributed by atoms with E-state index in [-0.39, 0.29) is 17.8 Å². The van der Waals surface area contributed by atoms with Gasteiger partial charge in [0.1, 0.15) is 24.0 Å². The molecule has 1 aliphatic carbocycles. The molecule has 2 aliphatic rings. The Hall–Kier alpha value is -2.21. The summed E-state index contributed by atoms with van der Waals surface area (Å²) in [7, 11) is 0. The lowest BCUT2D eigenvalue weighted by Crippen LogP contribution is -2.39. The number of hydrogen-bond donors (Lipinski definition) is 0. The molecule has 0 N–H and O–H groups in total. The largest absolute Gasteiger partial charge is 0.466 e. The van der Waals surface area contributed by atoms with Crippen LogP contribution in [0.1, 0.15) is 58.0 Å². The molecule has 0 saturated carbocycles. The highest BCUT2D eigenvalue weighted by atomic mass is 16.6. The van der Waals surface area contributed by atoms with Crippen molar-refractivity contribution in [2.75, 3.05) is 19.8 Å². The van der Waals surface area contributed by atoms with Crippen LogP contribution >= 0.6 is 0 Å². The molecular formula is C22H29NO5. The van der Waals surface area contributed by atoms with Crippen molar-refractivity contribution in [2.24, 2.45) is 16.3 Å². The molecule has 6 heteroatoms. The maximum Gasteiger partial charge on any atom is 0.315 e. The minimum absolute atomic E-state index is 0.0358. The Bertz CT molecular complexity index is 830. The molecule has 0 bridgehead atoms. The van der Waals surface area contributed by atoms with Gasteiger partial charge < -0.3 is 13.9 Å². The van der Waals surface area contributed by atoms with Gasteiger partial charge in [0.2, 0.25) is 0 Å². The van der Waals surface area contributed by atoms with Crippen LogP contribution in [0.2, 0.25) is 0 Å². The first kappa shape index (κ1) is 20.5. The Morgan fingerprint density at radius 3 is 2.64 bits per heavy atom. The molecule has 3 rings (SSSR count). The number of ether oxygens (including phenoxy) is 2. The first-order valence-corrected chi connectivity index (χ1v) is 9.85. The first-order chi connectivity index (χ1) is 13.2. The number of allylic oxidation sites excluding steroid dienone is 2. The molecule has 28 heavy (non-hydrogen) atoms. The average Bonchev–Trinajstić information content (AvgIpc) is 3.02. The van der Waals surface area contributed by atoms with Crippen molar-refractivity contribution < 1.29 is 23.5 Å². The minimum Gasteiger partial charge on any atom is -0.466 e. The molecule has 6 nitrogen and oxygen atoms in total. The molecule has 0 radical (unpaired) electrons. The predicted molar refractivity (Wildman–Crippen MR) is 105 cm³/mol.